The van der Waals surface area contributed by atoms with E-state index in [4.69, 9.17) is 9.15 Å². The smallest absolute Gasteiger partial charge is 0.339 e. The normalized spacial score (nSPS) is 12.1. The number of aliphatic hydroxyl groups excluding tert-OH is 1. The Morgan fingerprint density at radius 3 is 2.72 bits per heavy atom. The van der Waals surface area contributed by atoms with Crippen molar-refractivity contribution in [2.45, 2.75) is 13.0 Å². The van der Waals surface area contributed by atoms with Crippen molar-refractivity contribution < 1.29 is 19.1 Å². The fraction of sp³-hybridized carbons (Fsp3) is 0.231. The second-order valence-corrected chi connectivity index (χ2v) is 3.61. The second-order valence-electron chi connectivity index (χ2n) is 3.61. The summed E-state index contributed by atoms with van der Waals surface area (Å²) in [4.78, 5) is 15.4. The van der Waals surface area contributed by atoms with Gasteiger partial charge in [0.2, 0.25) is 5.89 Å². The van der Waals surface area contributed by atoms with Gasteiger partial charge in [0.15, 0.2) is 6.10 Å². The van der Waals surface area contributed by atoms with Gasteiger partial charge in [0.25, 0.3) is 0 Å². The van der Waals surface area contributed by atoms with Crippen molar-refractivity contribution >= 4 is 5.97 Å². The van der Waals surface area contributed by atoms with E-state index in [1.165, 1.54) is 6.26 Å². The van der Waals surface area contributed by atoms with Gasteiger partial charge in [-0.3, -0.25) is 0 Å². The molecule has 5 nitrogen and oxygen atoms in total. The lowest BCUT2D eigenvalue weighted by Crippen LogP contribution is -2.15. The molecule has 0 fully saturated rings. The molecule has 1 N–H and O–H groups in total. The number of esters is 1. The summed E-state index contributed by atoms with van der Waals surface area (Å²) in [5, 5.41) is 9.73. The molecule has 94 valence electrons. The minimum absolute atomic E-state index is 0.240. The molecule has 18 heavy (non-hydrogen) atoms. The van der Waals surface area contributed by atoms with Gasteiger partial charge < -0.3 is 14.3 Å². The minimum Gasteiger partial charge on any atom is -0.464 e. The molecule has 2 rings (SSSR count). The Balaban J connectivity index is 2.15. The van der Waals surface area contributed by atoms with Crippen LogP contribution in [0.5, 0.6) is 0 Å². The number of aromatic nitrogens is 1. The molecule has 0 spiro atoms. The highest BCUT2D eigenvalue weighted by Crippen LogP contribution is 2.21. The van der Waals surface area contributed by atoms with Gasteiger partial charge in [-0.2, -0.15) is 0 Å². The zero-order valence-corrected chi connectivity index (χ0v) is 9.87. The SMILES string of the molecule is CCOC(=O)C(O)c1ccc(-c2ncco2)cc1. The van der Waals surface area contributed by atoms with Crippen molar-refractivity contribution in [3.63, 3.8) is 0 Å². The van der Waals surface area contributed by atoms with Crippen LogP contribution < -0.4 is 0 Å². The lowest BCUT2D eigenvalue weighted by molar-refractivity contribution is -0.153. The van der Waals surface area contributed by atoms with Gasteiger partial charge >= 0.3 is 5.97 Å². The van der Waals surface area contributed by atoms with Gasteiger partial charge in [0.05, 0.1) is 12.8 Å². The van der Waals surface area contributed by atoms with Crippen LogP contribution in [0.1, 0.15) is 18.6 Å². The third-order valence-electron chi connectivity index (χ3n) is 2.42. The van der Waals surface area contributed by atoms with E-state index in [1.807, 2.05) is 0 Å². The maximum atomic E-state index is 11.4. The number of benzene rings is 1. The van der Waals surface area contributed by atoms with Crippen LogP contribution in [0.4, 0.5) is 0 Å². The fourth-order valence-corrected chi connectivity index (χ4v) is 1.53. The summed E-state index contributed by atoms with van der Waals surface area (Å²) >= 11 is 0. The molecular weight excluding hydrogens is 234 g/mol. The number of hydrogen-bond acceptors (Lipinski definition) is 5. The van der Waals surface area contributed by atoms with Gasteiger partial charge in [0.1, 0.15) is 6.26 Å². The summed E-state index contributed by atoms with van der Waals surface area (Å²) in [6.45, 7) is 1.93. The molecule has 0 aliphatic rings. The molecule has 5 heteroatoms. The quantitative estimate of drug-likeness (QED) is 0.836. The van der Waals surface area contributed by atoms with Gasteiger partial charge in [-0.25, -0.2) is 9.78 Å². The average molecular weight is 247 g/mol. The van der Waals surface area contributed by atoms with Crippen LogP contribution in [0.2, 0.25) is 0 Å². The Morgan fingerprint density at radius 2 is 2.17 bits per heavy atom. The topological polar surface area (TPSA) is 72.6 Å². The molecule has 0 saturated carbocycles. The van der Waals surface area contributed by atoms with Crippen molar-refractivity contribution in [1.29, 1.82) is 0 Å². The first-order valence-electron chi connectivity index (χ1n) is 5.57. The third-order valence-corrected chi connectivity index (χ3v) is 2.42. The van der Waals surface area contributed by atoms with E-state index >= 15 is 0 Å². The number of ether oxygens (including phenoxy) is 1. The van der Waals surface area contributed by atoms with E-state index in [2.05, 4.69) is 4.98 Å². The Bertz CT molecular complexity index is 504. The highest BCUT2D eigenvalue weighted by molar-refractivity contribution is 5.76. The highest BCUT2D eigenvalue weighted by Gasteiger charge is 2.18. The summed E-state index contributed by atoms with van der Waals surface area (Å²) in [5.41, 5.74) is 1.25. The van der Waals surface area contributed by atoms with Crippen molar-refractivity contribution in [2.75, 3.05) is 6.61 Å². The predicted molar refractivity (Wildman–Crippen MR) is 63.5 cm³/mol. The van der Waals surface area contributed by atoms with E-state index < -0.39 is 12.1 Å². The average Bonchev–Trinajstić information content (AvgIpc) is 2.92. The highest BCUT2D eigenvalue weighted by atomic mass is 16.5. The summed E-state index contributed by atoms with van der Waals surface area (Å²) in [6, 6.07) is 6.73. The Kier molecular flexibility index (Phi) is 3.74. The molecule has 1 aromatic heterocycles. The van der Waals surface area contributed by atoms with Gasteiger partial charge in [-0.15, -0.1) is 0 Å². The van der Waals surface area contributed by atoms with Crippen LogP contribution >= 0.6 is 0 Å². The van der Waals surface area contributed by atoms with Crippen LogP contribution in [-0.2, 0) is 9.53 Å². The van der Waals surface area contributed by atoms with E-state index in [1.54, 1.807) is 37.4 Å². The molecule has 0 aliphatic carbocycles. The number of rotatable bonds is 4. The molecular formula is C13H13NO4. The fourth-order valence-electron chi connectivity index (χ4n) is 1.53. The molecule has 0 bridgehead atoms. The van der Waals surface area contributed by atoms with Gasteiger partial charge in [-0.1, -0.05) is 12.1 Å². The van der Waals surface area contributed by atoms with Crippen LogP contribution in [0.3, 0.4) is 0 Å². The second kappa shape index (κ2) is 5.46. The molecule has 0 radical (unpaired) electrons. The van der Waals surface area contributed by atoms with Crippen LogP contribution in [0, 0.1) is 0 Å². The molecule has 1 aromatic carbocycles. The first-order chi connectivity index (χ1) is 8.72. The molecule has 1 unspecified atom stereocenters. The number of oxazole rings is 1. The minimum atomic E-state index is -1.26. The third kappa shape index (κ3) is 2.57. The van der Waals surface area contributed by atoms with Crippen LogP contribution in [0.25, 0.3) is 11.5 Å². The van der Waals surface area contributed by atoms with E-state index in [0.29, 0.717) is 11.5 Å². The first-order valence-corrected chi connectivity index (χ1v) is 5.57. The first kappa shape index (κ1) is 12.3. The zero-order valence-electron chi connectivity index (χ0n) is 9.87. The lowest BCUT2D eigenvalue weighted by Gasteiger charge is -2.09. The molecule has 1 atom stereocenters. The van der Waals surface area contributed by atoms with Crippen LogP contribution in [0.15, 0.2) is 41.1 Å². The summed E-state index contributed by atoms with van der Waals surface area (Å²) in [5.74, 6) is -0.159. The lowest BCUT2D eigenvalue weighted by atomic mass is 10.1. The maximum Gasteiger partial charge on any atom is 0.339 e. The van der Waals surface area contributed by atoms with Gasteiger partial charge in [0, 0.05) is 5.56 Å². The molecule has 0 saturated heterocycles. The standard InChI is InChI=1S/C13H13NO4/c1-2-17-13(16)11(15)9-3-5-10(6-4-9)12-14-7-8-18-12/h3-8,11,15H,2H2,1H3. The number of nitrogens with zero attached hydrogens (tertiary/aromatic N) is 1. The Labute approximate surface area is 104 Å². The molecule has 1 heterocycles. The summed E-state index contributed by atoms with van der Waals surface area (Å²) < 4.78 is 9.88. The van der Waals surface area contributed by atoms with E-state index in [0.717, 1.165) is 5.56 Å². The number of carbonyl (C=O) groups is 1. The molecule has 0 amide bonds. The Hall–Kier alpha value is -2.14. The van der Waals surface area contributed by atoms with Gasteiger partial charge in [-0.05, 0) is 24.6 Å². The monoisotopic (exact) mass is 247 g/mol. The molecule has 0 aliphatic heterocycles. The van der Waals surface area contributed by atoms with Crippen molar-refractivity contribution in [3.05, 3.63) is 42.3 Å². The Morgan fingerprint density at radius 1 is 1.44 bits per heavy atom. The van der Waals surface area contributed by atoms with Crippen LogP contribution in [-0.4, -0.2) is 22.7 Å². The summed E-state index contributed by atoms with van der Waals surface area (Å²) in [6.07, 6.45) is 1.77. The van der Waals surface area contributed by atoms with Crippen molar-refractivity contribution in [3.8, 4) is 11.5 Å². The zero-order chi connectivity index (χ0) is 13.0. The maximum absolute atomic E-state index is 11.4. The molecule has 2 aromatic rings. The van der Waals surface area contributed by atoms with Crippen molar-refractivity contribution in [2.24, 2.45) is 0 Å². The number of aliphatic hydroxyl groups is 1. The number of carbonyl (C=O) groups excluding carboxylic acids is 1. The predicted octanol–water partition coefficient (Wildman–Crippen LogP) is 1.94. The number of hydrogen-bond donors (Lipinski definition) is 1. The van der Waals surface area contributed by atoms with E-state index in [-0.39, 0.29) is 6.61 Å². The van der Waals surface area contributed by atoms with E-state index in [9.17, 15) is 9.90 Å². The summed E-state index contributed by atoms with van der Waals surface area (Å²) in [7, 11) is 0. The van der Waals surface area contributed by atoms with Crippen molar-refractivity contribution in [1.82, 2.24) is 4.98 Å². The largest absolute Gasteiger partial charge is 0.464 e.